The van der Waals surface area contributed by atoms with Gasteiger partial charge in [0.1, 0.15) is 5.82 Å². The van der Waals surface area contributed by atoms with Crippen LogP contribution in [0.5, 0.6) is 0 Å². The van der Waals surface area contributed by atoms with Crippen molar-refractivity contribution in [3.8, 4) is 0 Å². The van der Waals surface area contributed by atoms with Gasteiger partial charge in [-0.25, -0.2) is 4.39 Å². The average molecular weight is 279 g/mol. The van der Waals surface area contributed by atoms with Crippen LogP contribution in [-0.2, 0) is 0 Å². The van der Waals surface area contributed by atoms with Gasteiger partial charge >= 0.3 is 0 Å². The van der Waals surface area contributed by atoms with Crippen LogP contribution in [0.3, 0.4) is 0 Å². The van der Waals surface area contributed by atoms with Crippen LogP contribution in [0.2, 0.25) is 0 Å². The lowest BCUT2D eigenvalue weighted by Gasteiger charge is -2.26. The van der Waals surface area contributed by atoms with E-state index in [2.05, 4.69) is 26.8 Å². The van der Waals surface area contributed by atoms with Crippen molar-refractivity contribution >= 4 is 0 Å². The maximum absolute atomic E-state index is 13.9. The Hall–Kier alpha value is -0.890. The first kappa shape index (κ1) is 17.2. The van der Waals surface area contributed by atoms with Gasteiger partial charge in [-0.15, -0.1) is 0 Å². The van der Waals surface area contributed by atoms with Crippen LogP contribution >= 0.6 is 0 Å². The molecule has 1 nitrogen and oxygen atoms in total. The van der Waals surface area contributed by atoms with Crippen molar-refractivity contribution in [1.82, 2.24) is 0 Å². The summed E-state index contributed by atoms with van der Waals surface area (Å²) in [6, 6.07) is 3.78. The van der Waals surface area contributed by atoms with Gasteiger partial charge in [-0.05, 0) is 73.7 Å². The van der Waals surface area contributed by atoms with Crippen LogP contribution in [0.4, 0.5) is 4.39 Å². The largest absolute Gasteiger partial charge is 0.330 e. The molecule has 1 aromatic rings. The van der Waals surface area contributed by atoms with Crippen LogP contribution in [0.1, 0.15) is 62.6 Å². The van der Waals surface area contributed by atoms with Gasteiger partial charge in [0.05, 0.1) is 0 Å². The molecule has 0 aromatic heterocycles. The van der Waals surface area contributed by atoms with Crippen molar-refractivity contribution < 1.29 is 4.39 Å². The average Bonchev–Trinajstić information content (AvgIpc) is 2.42. The zero-order valence-electron chi connectivity index (χ0n) is 13.7. The highest BCUT2D eigenvalue weighted by Crippen LogP contribution is 2.34. The lowest BCUT2D eigenvalue weighted by atomic mass is 9.79. The topological polar surface area (TPSA) is 26.0 Å². The van der Waals surface area contributed by atoms with E-state index >= 15 is 0 Å². The molecule has 3 unspecified atom stereocenters. The Kier molecular flexibility index (Phi) is 6.67. The van der Waals surface area contributed by atoms with Gasteiger partial charge in [-0.1, -0.05) is 33.3 Å². The minimum atomic E-state index is -0.0722. The predicted octanol–water partition coefficient (Wildman–Crippen LogP) is 4.95. The van der Waals surface area contributed by atoms with Gasteiger partial charge < -0.3 is 5.73 Å². The molecule has 0 amide bonds. The Morgan fingerprint density at radius 2 is 1.80 bits per heavy atom. The second-order valence-electron chi connectivity index (χ2n) is 6.34. The van der Waals surface area contributed by atoms with E-state index in [0.29, 0.717) is 17.8 Å². The number of nitrogens with two attached hydrogens (primary N) is 1. The molecule has 0 radical (unpaired) electrons. The van der Waals surface area contributed by atoms with Gasteiger partial charge in [-0.2, -0.15) is 0 Å². The van der Waals surface area contributed by atoms with Crippen molar-refractivity contribution in [2.75, 3.05) is 6.54 Å². The Labute approximate surface area is 123 Å². The third-order valence-corrected chi connectivity index (χ3v) is 4.68. The van der Waals surface area contributed by atoms with Crippen LogP contribution in [0.15, 0.2) is 12.1 Å². The molecule has 1 rings (SSSR count). The normalized spacial score (nSPS) is 15.9. The first-order chi connectivity index (χ1) is 9.40. The number of aryl methyl sites for hydroxylation is 1. The molecule has 0 bridgehead atoms. The molecule has 0 saturated carbocycles. The Balaban J connectivity index is 2.88. The quantitative estimate of drug-likeness (QED) is 0.751. The summed E-state index contributed by atoms with van der Waals surface area (Å²) in [7, 11) is 0. The molecule has 0 spiro atoms. The summed E-state index contributed by atoms with van der Waals surface area (Å²) in [4.78, 5) is 0. The van der Waals surface area contributed by atoms with Crippen molar-refractivity contribution in [3.05, 3.63) is 34.6 Å². The fraction of sp³-hybridized carbons (Fsp3) is 0.667. The van der Waals surface area contributed by atoms with E-state index in [-0.39, 0.29) is 5.82 Å². The van der Waals surface area contributed by atoms with E-state index in [9.17, 15) is 4.39 Å². The van der Waals surface area contributed by atoms with E-state index in [1.807, 2.05) is 13.8 Å². The van der Waals surface area contributed by atoms with Crippen LogP contribution in [0.25, 0.3) is 0 Å². The fourth-order valence-electron chi connectivity index (χ4n) is 2.99. The monoisotopic (exact) mass is 279 g/mol. The number of rotatable bonds is 7. The second kappa shape index (κ2) is 7.78. The maximum atomic E-state index is 13.9. The van der Waals surface area contributed by atoms with Crippen molar-refractivity contribution in [1.29, 1.82) is 0 Å². The maximum Gasteiger partial charge on any atom is 0.126 e. The smallest absolute Gasteiger partial charge is 0.126 e. The molecule has 0 aliphatic rings. The fourth-order valence-corrected chi connectivity index (χ4v) is 2.99. The number of hydrogen-bond donors (Lipinski definition) is 1. The molecule has 0 aliphatic carbocycles. The minimum absolute atomic E-state index is 0.0722. The Morgan fingerprint density at radius 3 is 2.35 bits per heavy atom. The predicted molar refractivity (Wildman–Crippen MR) is 85.5 cm³/mol. The second-order valence-corrected chi connectivity index (χ2v) is 6.34. The molecule has 20 heavy (non-hydrogen) atoms. The summed E-state index contributed by atoms with van der Waals surface area (Å²) in [5.41, 5.74) is 8.70. The zero-order chi connectivity index (χ0) is 15.3. The van der Waals surface area contributed by atoms with Crippen LogP contribution in [0, 0.1) is 31.5 Å². The molecular weight excluding hydrogens is 249 g/mol. The van der Waals surface area contributed by atoms with E-state index in [4.69, 9.17) is 5.73 Å². The van der Waals surface area contributed by atoms with E-state index in [1.165, 1.54) is 12.0 Å². The van der Waals surface area contributed by atoms with Crippen molar-refractivity contribution in [3.63, 3.8) is 0 Å². The number of benzene rings is 1. The van der Waals surface area contributed by atoms with Gasteiger partial charge in [0.15, 0.2) is 0 Å². The minimum Gasteiger partial charge on any atom is -0.330 e. The highest BCUT2D eigenvalue weighted by molar-refractivity contribution is 5.34. The molecule has 2 heteroatoms. The molecule has 0 heterocycles. The zero-order valence-corrected chi connectivity index (χ0v) is 13.7. The Bertz CT molecular complexity index is 428. The summed E-state index contributed by atoms with van der Waals surface area (Å²) in [5.74, 6) is 1.51. The van der Waals surface area contributed by atoms with Gasteiger partial charge in [0.25, 0.3) is 0 Å². The van der Waals surface area contributed by atoms with Gasteiger partial charge in [0, 0.05) is 0 Å². The molecule has 0 aliphatic heterocycles. The van der Waals surface area contributed by atoms with Gasteiger partial charge in [0.2, 0.25) is 0 Å². The number of halogens is 1. The molecule has 1 aromatic carbocycles. The molecule has 3 atom stereocenters. The third-order valence-electron chi connectivity index (χ3n) is 4.68. The standard InChI is InChI=1S/C18H30FN/c1-6-16(8-7-12(2)11-20)14(4)17-9-13(3)10-18(19)15(17)5/h9-10,12,14,16H,6-8,11,20H2,1-5H3. The SMILES string of the molecule is CCC(CCC(C)CN)C(C)c1cc(C)cc(F)c1C. The van der Waals surface area contributed by atoms with Crippen LogP contribution in [-0.4, -0.2) is 6.54 Å². The molecule has 0 fully saturated rings. The third kappa shape index (κ3) is 4.31. The summed E-state index contributed by atoms with van der Waals surface area (Å²) in [6.07, 6.45) is 3.46. The summed E-state index contributed by atoms with van der Waals surface area (Å²) < 4.78 is 13.9. The van der Waals surface area contributed by atoms with Gasteiger partial charge in [-0.3, -0.25) is 0 Å². The first-order valence-corrected chi connectivity index (χ1v) is 7.87. The summed E-state index contributed by atoms with van der Waals surface area (Å²) >= 11 is 0. The van der Waals surface area contributed by atoms with Crippen LogP contribution < -0.4 is 5.73 Å². The lowest BCUT2D eigenvalue weighted by molar-refractivity contribution is 0.357. The first-order valence-electron chi connectivity index (χ1n) is 7.87. The van der Waals surface area contributed by atoms with E-state index in [1.54, 1.807) is 6.07 Å². The Morgan fingerprint density at radius 1 is 1.15 bits per heavy atom. The van der Waals surface area contributed by atoms with Crippen molar-refractivity contribution in [2.24, 2.45) is 17.6 Å². The summed E-state index contributed by atoms with van der Waals surface area (Å²) in [5, 5.41) is 0. The molecule has 114 valence electrons. The summed E-state index contributed by atoms with van der Waals surface area (Å²) in [6.45, 7) is 11.3. The number of hydrogen-bond acceptors (Lipinski definition) is 1. The van der Waals surface area contributed by atoms with E-state index in [0.717, 1.165) is 30.5 Å². The molecule has 2 N–H and O–H groups in total. The lowest BCUT2D eigenvalue weighted by Crippen LogP contribution is -2.16. The van der Waals surface area contributed by atoms with E-state index < -0.39 is 0 Å². The molecular formula is C18H30FN. The highest BCUT2D eigenvalue weighted by Gasteiger charge is 2.21. The van der Waals surface area contributed by atoms with Crippen molar-refractivity contribution in [2.45, 2.75) is 59.8 Å². The highest BCUT2D eigenvalue weighted by atomic mass is 19.1. The molecule has 0 saturated heterocycles.